The van der Waals surface area contributed by atoms with Gasteiger partial charge in [-0.05, 0) is 12.1 Å². The highest BCUT2D eigenvalue weighted by Crippen LogP contribution is 2.37. The summed E-state index contributed by atoms with van der Waals surface area (Å²) < 4.78 is 16.1. The zero-order valence-corrected chi connectivity index (χ0v) is 18.5. The standard InChI is InChI=1S/C20H17N7O5S/c1-27-17(20(29)32-26-27)16-11(7-21)18(23)25-19(12(16)8-22)33-9-15(28)24-13-5-4-10(30-2)6-14(13)31-3/h4-6H,9H2,1-3H3,(H3-,23,24,25,26,28,29). The van der Waals surface area contributed by atoms with Gasteiger partial charge in [-0.1, -0.05) is 16.4 Å². The minimum absolute atomic E-state index is 0.0546. The van der Waals surface area contributed by atoms with Crippen molar-refractivity contribution in [3.8, 4) is 40.8 Å². The molecule has 3 aromatic rings. The zero-order valence-electron chi connectivity index (χ0n) is 17.7. The Bertz CT molecular complexity index is 1290. The molecule has 0 saturated carbocycles. The van der Waals surface area contributed by atoms with Gasteiger partial charge in [0, 0.05) is 6.07 Å². The summed E-state index contributed by atoms with van der Waals surface area (Å²) in [5.41, 5.74) is 5.88. The van der Waals surface area contributed by atoms with Crippen LogP contribution in [0.1, 0.15) is 11.1 Å². The second-order valence-electron chi connectivity index (χ2n) is 6.39. The molecular formula is C20H17N7O5S. The molecule has 0 atom stereocenters. The molecule has 0 aliphatic heterocycles. The molecular weight excluding hydrogens is 450 g/mol. The Balaban J connectivity index is 1.92. The third-order valence-corrected chi connectivity index (χ3v) is 5.41. The molecule has 0 bridgehead atoms. The van der Waals surface area contributed by atoms with Gasteiger partial charge in [-0.2, -0.15) is 10.5 Å². The van der Waals surface area contributed by atoms with Crippen molar-refractivity contribution in [3.63, 3.8) is 0 Å². The van der Waals surface area contributed by atoms with Gasteiger partial charge in [-0.15, -0.1) is 0 Å². The van der Waals surface area contributed by atoms with Crippen molar-refractivity contribution in [2.24, 2.45) is 7.05 Å². The van der Waals surface area contributed by atoms with Crippen LogP contribution in [0.2, 0.25) is 0 Å². The second kappa shape index (κ2) is 9.76. The molecule has 0 saturated heterocycles. The van der Waals surface area contributed by atoms with E-state index in [9.17, 15) is 20.4 Å². The number of carbonyl (C=O) groups is 1. The van der Waals surface area contributed by atoms with Crippen LogP contribution >= 0.6 is 11.8 Å². The number of anilines is 2. The minimum atomic E-state index is -0.851. The van der Waals surface area contributed by atoms with E-state index in [0.29, 0.717) is 17.2 Å². The van der Waals surface area contributed by atoms with E-state index in [1.807, 2.05) is 12.1 Å². The van der Waals surface area contributed by atoms with Crippen molar-refractivity contribution in [2.75, 3.05) is 31.0 Å². The third kappa shape index (κ3) is 4.58. The number of amides is 1. The highest BCUT2D eigenvalue weighted by molar-refractivity contribution is 8.00. The SMILES string of the molecule is COc1ccc(NC(=O)CSc2nc(N)c(C#N)c(-c3c([O-])on[n+]3C)c2C#N)c(OC)c1. The summed E-state index contributed by atoms with van der Waals surface area (Å²) in [6.07, 6.45) is 0. The Morgan fingerprint density at radius 1 is 1.30 bits per heavy atom. The van der Waals surface area contributed by atoms with Crippen LogP contribution in [0.5, 0.6) is 17.4 Å². The van der Waals surface area contributed by atoms with E-state index in [2.05, 4.69) is 20.1 Å². The lowest BCUT2D eigenvalue weighted by atomic mass is 10.0. The van der Waals surface area contributed by atoms with Crippen molar-refractivity contribution in [1.29, 1.82) is 10.5 Å². The van der Waals surface area contributed by atoms with Crippen LogP contribution in [0.4, 0.5) is 11.5 Å². The van der Waals surface area contributed by atoms with E-state index in [0.717, 1.165) is 16.4 Å². The molecule has 13 heteroatoms. The number of nitrogens with zero attached hydrogens (tertiary/aromatic N) is 5. The number of rotatable bonds is 7. The molecule has 0 aliphatic carbocycles. The van der Waals surface area contributed by atoms with Gasteiger partial charge >= 0.3 is 0 Å². The Kier molecular flexibility index (Phi) is 6.85. The van der Waals surface area contributed by atoms with E-state index in [4.69, 9.17) is 15.2 Å². The summed E-state index contributed by atoms with van der Waals surface area (Å²) in [6.45, 7) is 0. The van der Waals surface area contributed by atoms with Crippen LogP contribution in [0.25, 0.3) is 11.3 Å². The van der Waals surface area contributed by atoms with Crippen LogP contribution in [0.3, 0.4) is 0 Å². The van der Waals surface area contributed by atoms with E-state index < -0.39 is 11.9 Å². The molecule has 2 heterocycles. The molecule has 3 rings (SSSR count). The van der Waals surface area contributed by atoms with E-state index in [1.54, 1.807) is 18.2 Å². The Morgan fingerprint density at radius 3 is 2.61 bits per heavy atom. The van der Waals surface area contributed by atoms with Crippen molar-refractivity contribution in [3.05, 3.63) is 29.3 Å². The molecule has 2 aromatic heterocycles. The van der Waals surface area contributed by atoms with Gasteiger partial charge in [0.2, 0.25) is 5.91 Å². The number of thioether (sulfide) groups is 1. The monoisotopic (exact) mass is 467 g/mol. The average molecular weight is 467 g/mol. The second-order valence-corrected chi connectivity index (χ2v) is 7.35. The molecule has 168 valence electrons. The average Bonchev–Trinajstić information content (AvgIpc) is 3.14. The topological polar surface area (TPSA) is 187 Å². The Labute approximate surface area is 192 Å². The number of aromatic nitrogens is 3. The number of benzene rings is 1. The number of nitriles is 2. The number of pyridine rings is 1. The molecule has 3 N–H and O–H groups in total. The van der Waals surface area contributed by atoms with Gasteiger partial charge in [0.15, 0.2) is 13.0 Å². The first kappa shape index (κ1) is 23.2. The molecule has 1 aromatic carbocycles. The van der Waals surface area contributed by atoms with E-state index in [-0.39, 0.29) is 39.0 Å². The maximum Gasteiger partial charge on any atom is 0.266 e. The smallest absolute Gasteiger partial charge is 0.266 e. The van der Waals surface area contributed by atoms with Crippen LogP contribution in [0.15, 0.2) is 27.7 Å². The van der Waals surface area contributed by atoms with E-state index >= 15 is 0 Å². The van der Waals surface area contributed by atoms with Gasteiger partial charge in [0.05, 0.1) is 42.1 Å². The zero-order chi connectivity index (χ0) is 24.1. The largest absolute Gasteiger partial charge is 0.539 e. The number of carbonyl (C=O) groups excluding carboxylic acids is 1. The van der Waals surface area contributed by atoms with Crippen molar-refractivity contribution in [1.82, 2.24) is 10.3 Å². The van der Waals surface area contributed by atoms with Crippen molar-refractivity contribution in [2.45, 2.75) is 5.03 Å². The van der Waals surface area contributed by atoms with Crippen LogP contribution in [0, 0.1) is 22.7 Å². The summed E-state index contributed by atoms with van der Waals surface area (Å²) >= 11 is 0.914. The van der Waals surface area contributed by atoms with E-state index in [1.165, 1.54) is 21.3 Å². The summed E-state index contributed by atoms with van der Waals surface area (Å²) in [6, 6.07) is 8.69. The molecule has 0 aliphatic rings. The molecule has 0 radical (unpaired) electrons. The van der Waals surface area contributed by atoms with Crippen LogP contribution in [-0.2, 0) is 11.8 Å². The fourth-order valence-corrected chi connectivity index (χ4v) is 3.73. The summed E-state index contributed by atoms with van der Waals surface area (Å²) in [7, 11) is 4.39. The molecule has 12 nitrogen and oxygen atoms in total. The Morgan fingerprint density at radius 2 is 2.03 bits per heavy atom. The first-order valence-electron chi connectivity index (χ1n) is 9.16. The van der Waals surface area contributed by atoms with Gasteiger partial charge in [0.25, 0.3) is 5.69 Å². The lowest BCUT2D eigenvalue weighted by molar-refractivity contribution is -0.730. The van der Waals surface area contributed by atoms with Crippen molar-refractivity contribution < 1.29 is 28.6 Å². The molecule has 1 amide bonds. The minimum Gasteiger partial charge on any atom is -0.539 e. The number of nitrogens with two attached hydrogens (primary N) is 1. The highest BCUT2D eigenvalue weighted by Gasteiger charge is 2.29. The number of hydrogen-bond donors (Lipinski definition) is 2. The summed E-state index contributed by atoms with van der Waals surface area (Å²) in [4.78, 5) is 16.6. The van der Waals surface area contributed by atoms with Gasteiger partial charge in [-0.3, -0.25) is 4.79 Å². The van der Waals surface area contributed by atoms with Gasteiger partial charge in [0.1, 0.15) is 40.0 Å². The quantitative estimate of drug-likeness (QED) is 0.368. The first-order chi connectivity index (χ1) is 15.8. The van der Waals surface area contributed by atoms with Gasteiger partial charge in [-0.25, -0.2) is 4.98 Å². The fourth-order valence-electron chi connectivity index (χ4n) is 2.94. The number of nitrogen functional groups attached to an aromatic ring is 1. The Hall–Kier alpha value is -4.49. The molecule has 0 fully saturated rings. The predicted octanol–water partition coefficient (Wildman–Crippen LogP) is 0.708. The number of aryl methyl sites for hydroxylation is 1. The maximum atomic E-state index is 12.5. The molecule has 33 heavy (non-hydrogen) atoms. The number of nitrogens with one attached hydrogen (secondary N) is 1. The maximum absolute atomic E-state index is 12.5. The van der Waals surface area contributed by atoms with Gasteiger partial charge < -0.3 is 30.2 Å². The predicted molar refractivity (Wildman–Crippen MR) is 113 cm³/mol. The molecule has 0 spiro atoms. The number of hydrogen-bond acceptors (Lipinski definition) is 11. The van der Waals surface area contributed by atoms with Crippen LogP contribution < -0.4 is 30.3 Å². The number of ether oxygens (including phenoxy) is 2. The normalized spacial score (nSPS) is 10.2. The molecule has 0 unspecified atom stereocenters. The van der Waals surface area contributed by atoms with Crippen LogP contribution in [-0.4, -0.2) is 36.1 Å². The fraction of sp³-hybridized carbons (Fsp3) is 0.200. The highest BCUT2D eigenvalue weighted by atomic mass is 32.2. The lowest BCUT2D eigenvalue weighted by Gasteiger charge is -2.12. The summed E-state index contributed by atoms with van der Waals surface area (Å²) in [5.74, 6) is -0.664. The lowest BCUT2D eigenvalue weighted by Crippen LogP contribution is -2.32. The third-order valence-electron chi connectivity index (χ3n) is 4.44. The van der Waals surface area contributed by atoms with Crippen molar-refractivity contribution >= 4 is 29.2 Å². The number of methoxy groups -OCH3 is 2. The first-order valence-corrected chi connectivity index (χ1v) is 10.1. The summed E-state index contributed by atoms with van der Waals surface area (Å²) in [5, 5.41) is 37.7.